The number of rotatable bonds is 4. The molecule has 0 radical (unpaired) electrons. The summed E-state index contributed by atoms with van der Waals surface area (Å²) in [7, 11) is 0. The number of hydrogen-bond donors (Lipinski definition) is 2. The molecule has 0 spiro atoms. The van der Waals surface area contributed by atoms with E-state index in [1.165, 1.54) is 11.1 Å². The zero-order valence-electron chi connectivity index (χ0n) is 14.1. The summed E-state index contributed by atoms with van der Waals surface area (Å²) in [5.74, 6) is 0.464. The van der Waals surface area contributed by atoms with Gasteiger partial charge in [0.05, 0.1) is 19.8 Å². The molecular formula is C17H28N4O. The lowest BCUT2D eigenvalue weighted by molar-refractivity contribution is -0.00680. The summed E-state index contributed by atoms with van der Waals surface area (Å²) in [5, 5.41) is 3.18. The molecule has 5 nitrogen and oxygen atoms in total. The summed E-state index contributed by atoms with van der Waals surface area (Å²) in [6.07, 6.45) is 0. The van der Waals surface area contributed by atoms with E-state index in [0.717, 1.165) is 32.0 Å². The van der Waals surface area contributed by atoms with Gasteiger partial charge in [-0.05, 0) is 51.0 Å². The molecule has 1 saturated heterocycles. The summed E-state index contributed by atoms with van der Waals surface area (Å²) in [5.41, 5.74) is 9.44. The van der Waals surface area contributed by atoms with Crippen LogP contribution in [-0.4, -0.2) is 49.2 Å². The molecule has 1 heterocycles. The van der Waals surface area contributed by atoms with Crippen molar-refractivity contribution in [2.24, 2.45) is 10.7 Å². The second-order valence-corrected chi connectivity index (χ2v) is 6.61. The Morgan fingerprint density at radius 2 is 1.82 bits per heavy atom. The van der Waals surface area contributed by atoms with Gasteiger partial charge in [0.1, 0.15) is 0 Å². The molecule has 1 fully saturated rings. The second kappa shape index (κ2) is 7.11. The van der Waals surface area contributed by atoms with E-state index in [-0.39, 0.29) is 5.54 Å². The smallest absolute Gasteiger partial charge is 0.193 e. The van der Waals surface area contributed by atoms with Crippen LogP contribution in [0.25, 0.3) is 0 Å². The average molecular weight is 304 g/mol. The van der Waals surface area contributed by atoms with Gasteiger partial charge >= 0.3 is 0 Å². The standard InChI is InChI=1S/C17H28N4O/c1-13-9-14(2)11-15(10-13)20-16(18)19-12-17(3,4)21-5-7-22-8-6-21/h9-11H,5-8,12H2,1-4H3,(H3,18,19,20). The van der Waals surface area contributed by atoms with E-state index >= 15 is 0 Å². The van der Waals surface area contributed by atoms with Crippen LogP contribution in [0.5, 0.6) is 0 Å². The molecule has 1 aliphatic rings. The molecule has 22 heavy (non-hydrogen) atoms. The number of morpholine rings is 1. The van der Waals surface area contributed by atoms with Crippen LogP contribution in [-0.2, 0) is 4.74 Å². The summed E-state index contributed by atoms with van der Waals surface area (Å²) in [4.78, 5) is 6.93. The lowest BCUT2D eigenvalue weighted by Gasteiger charge is -2.39. The molecule has 0 saturated carbocycles. The molecule has 3 N–H and O–H groups in total. The minimum atomic E-state index is -0.0153. The van der Waals surface area contributed by atoms with Crippen LogP contribution >= 0.6 is 0 Å². The Hall–Kier alpha value is -1.59. The number of guanidine groups is 1. The highest BCUT2D eigenvalue weighted by molar-refractivity contribution is 5.92. The van der Waals surface area contributed by atoms with E-state index in [2.05, 4.69) is 61.1 Å². The van der Waals surface area contributed by atoms with Crippen molar-refractivity contribution in [3.05, 3.63) is 29.3 Å². The molecule has 1 aliphatic heterocycles. The Balaban J connectivity index is 1.96. The zero-order chi connectivity index (χ0) is 16.2. The highest BCUT2D eigenvalue weighted by atomic mass is 16.5. The molecule has 0 aromatic heterocycles. The number of nitrogens with zero attached hydrogens (tertiary/aromatic N) is 2. The highest BCUT2D eigenvalue weighted by Crippen LogP contribution is 2.17. The first-order valence-electron chi connectivity index (χ1n) is 7.85. The van der Waals surface area contributed by atoms with Gasteiger partial charge in [-0.15, -0.1) is 0 Å². The number of anilines is 1. The average Bonchev–Trinajstić information content (AvgIpc) is 2.45. The molecule has 0 atom stereocenters. The van der Waals surface area contributed by atoms with Crippen molar-refractivity contribution in [1.29, 1.82) is 0 Å². The number of nitrogens with two attached hydrogens (primary N) is 1. The molecule has 1 aromatic carbocycles. The Kier molecular flexibility index (Phi) is 5.42. The van der Waals surface area contributed by atoms with Gasteiger partial charge in [-0.25, -0.2) is 0 Å². The summed E-state index contributed by atoms with van der Waals surface area (Å²) >= 11 is 0. The molecule has 0 bridgehead atoms. The lowest BCUT2D eigenvalue weighted by atomic mass is 10.0. The number of nitrogens with one attached hydrogen (secondary N) is 1. The molecular weight excluding hydrogens is 276 g/mol. The van der Waals surface area contributed by atoms with E-state index in [4.69, 9.17) is 10.5 Å². The van der Waals surface area contributed by atoms with Gasteiger partial charge in [0.15, 0.2) is 5.96 Å². The van der Waals surface area contributed by atoms with E-state index in [0.29, 0.717) is 12.5 Å². The van der Waals surface area contributed by atoms with Crippen molar-refractivity contribution in [3.8, 4) is 0 Å². The summed E-state index contributed by atoms with van der Waals surface area (Å²) < 4.78 is 5.41. The monoisotopic (exact) mass is 304 g/mol. The minimum absolute atomic E-state index is 0.0153. The van der Waals surface area contributed by atoms with Gasteiger partial charge in [0.25, 0.3) is 0 Å². The van der Waals surface area contributed by atoms with Gasteiger partial charge in [0, 0.05) is 24.3 Å². The Bertz CT molecular complexity index is 513. The van der Waals surface area contributed by atoms with Crippen molar-refractivity contribution in [1.82, 2.24) is 4.90 Å². The molecule has 0 amide bonds. The quantitative estimate of drug-likeness (QED) is 0.661. The van der Waals surface area contributed by atoms with Crippen LogP contribution in [0.15, 0.2) is 23.2 Å². The van der Waals surface area contributed by atoms with Crippen molar-refractivity contribution < 1.29 is 4.74 Å². The summed E-state index contributed by atoms with van der Waals surface area (Å²) in [6, 6.07) is 6.28. The largest absolute Gasteiger partial charge is 0.379 e. The van der Waals surface area contributed by atoms with Crippen LogP contribution in [0.3, 0.4) is 0 Å². The molecule has 122 valence electrons. The van der Waals surface area contributed by atoms with Crippen molar-refractivity contribution in [2.75, 3.05) is 38.2 Å². The normalized spacial score (nSPS) is 17.5. The Labute approximate surface area is 133 Å². The van der Waals surface area contributed by atoms with E-state index in [1.54, 1.807) is 0 Å². The van der Waals surface area contributed by atoms with Gasteiger partial charge in [-0.3, -0.25) is 9.89 Å². The highest BCUT2D eigenvalue weighted by Gasteiger charge is 2.27. The predicted octanol–water partition coefficient (Wildman–Crippen LogP) is 2.14. The van der Waals surface area contributed by atoms with Crippen LogP contribution in [0.1, 0.15) is 25.0 Å². The second-order valence-electron chi connectivity index (χ2n) is 6.61. The molecule has 0 aliphatic carbocycles. The lowest BCUT2D eigenvalue weighted by Crippen LogP contribution is -2.51. The molecule has 0 unspecified atom stereocenters. The fourth-order valence-corrected chi connectivity index (χ4v) is 2.78. The number of ether oxygens (including phenoxy) is 1. The van der Waals surface area contributed by atoms with Crippen LogP contribution < -0.4 is 11.1 Å². The minimum Gasteiger partial charge on any atom is -0.379 e. The number of aryl methyl sites for hydroxylation is 2. The first-order chi connectivity index (χ1) is 10.4. The zero-order valence-corrected chi connectivity index (χ0v) is 14.1. The van der Waals surface area contributed by atoms with Crippen LogP contribution in [0.2, 0.25) is 0 Å². The van der Waals surface area contributed by atoms with Gasteiger partial charge in [0.2, 0.25) is 0 Å². The SMILES string of the molecule is Cc1cc(C)cc(NC(N)=NCC(C)(C)N2CCOCC2)c1. The predicted molar refractivity (Wildman–Crippen MR) is 92.5 cm³/mol. The van der Waals surface area contributed by atoms with Crippen molar-refractivity contribution >= 4 is 11.6 Å². The van der Waals surface area contributed by atoms with E-state index in [9.17, 15) is 0 Å². The maximum atomic E-state index is 6.04. The van der Waals surface area contributed by atoms with Crippen molar-refractivity contribution in [3.63, 3.8) is 0 Å². The third-order valence-corrected chi connectivity index (χ3v) is 4.00. The van der Waals surface area contributed by atoms with E-state index in [1.807, 2.05) is 0 Å². The summed E-state index contributed by atoms with van der Waals surface area (Å²) in [6.45, 7) is 12.7. The van der Waals surface area contributed by atoms with Gasteiger partial charge in [-0.1, -0.05) is 6.07 Å². The van der Waals surface area contributed by atoms with Crippen LogP contribution in [0.4, 0.5) is 5.69 Å². The van der Waals surface area contributed by atoms with E-state index < -0.39 is 0 Å². The Morgan fingerprint density at radius 1 is 1.23 bits per heavy atom. The molecule has 1 aromatic rings. The number of aliphatic imine (C=N–C) groups is 1. The first kappa shape index (κ1) is 16.8. The third kappa shape index (κ3) is 4.71. The fraction of sp³-hybridized carbons (Fsp3) is 0.588. The Morgan fingerprint density at radius 3 is 2.41 bits per heavy atom. The van der Waals surface area contributed by atoms with Gasteiger partial charge < -0.3 is 15.8 Å². The molecule has 5 heteroatoms. The fourth-order valence-electron chi connectivity index (χ4n) is 2.78. The number of hydrogen-bond acceptors (Lipinski definition) is 3. The maximum Gasteiger partial charge on any atom is 0.193 e. The molecule has 2 rings (SSSR count). The topological polar surface area (TPSA) is 62.9 Å². The van der Waals surface area contributed by atoms with Crippen LogP contribution in [0, 0.1) is 13.8 Å². The van der Waals surface area contributed by atoms with Gasteiger partial charge in [-0.2, -0.15) is 0 Å². The maximum absolute atomic E-state index is 6.04. The number of benzene rings is 1. The third-order valence-electron chi connectivity index (χ3n) is 4.00. The first-order valence-corrected chi connectivity index (χ1v) is 7.85. The van der Waals surface area contributed by atoms with Crippen molar-refractivity contribution in [2.45, 2.75) is 33.2 Å².